The minimum Gasteiger partial charge on any atom is -0.361 e. The molecule has 3 heterocycles. The second-order valence-electron chi connectivity index (χ2n) is 6.48. The fourth-order valence-electron chi connectivity index (χ4n) is 3.18. The molecule has 4 aromatic rings. The number of carbonyl (C=O) groups is 1. The van der Waals surface area contributed by atoms with Gasteiger partial charge in [0.15, 0.2) is 0 Å². The SMILES string of the molecule is Cc1noc(C)c1[C@@H](C)C(=O)Nc1ccc(-c2cn3cccnc3n2)cc1. The van der Waals surface area contributed by atoms with E-state index in [2.05, 4.69) is 20.4 Å². The van der Waals surface area contributed by atoms with E-state index < -0.39 is 0 Å². The molecular formula is C20H19N5O2. The molecule has 1 atom stereocenters. The zero-order valence-electron chi connectivity index (χ0n) is 15.3. The summed E-state index contributed by atoms with van der Waals surface area (Å²) in [5, 5.41) is 6.86. The Hall–Kier alpha value is -3.48. The zero-order chi connectivity index (χ0) is 19.0. The Morgan fingerprint density at radius 2 is 2.00 bits per heavy atom. The third kappa shape index (κ3) is 3.19. The number of amides is 1. The molecular weight excluding hydrogens is 342 g/mol. The van der Waals surface area contributed by atoms with Crippen LogP contribution in [0.25, 0.3) is 17.0 Å². The van der Waals surface area contributed by atoms with Crippen LogP contribution in [0.3, 0.4) is 0 Å². The molecule has 7 heteroatoms. The van der Waals surface area contributed by atoms with Crippen molar-refractivity contribution >= 4 is 17.4 Å². The van der Waals surface area contributed by atoms with Gasteiger partial charge in [-0.2, -0.15) is 0 Å². The normalized spacial score (nSPS) is 12.3. The lowest BCUT2D eigenvalue weighted by molar-refractivity contribution is -0.117. The summed E-state index contributed by atoms with van der Waals surface area (Å²) in [6, 6.07) is 9.45. The second kappa shape index (κ2) is 6.68. The molecule has 0 radical (unpaired) electrons. The second-order valence-corrected chi connectivity index (χ2v) is 6.48. The van der Waals surface area contributed by atoms with E-state index in [4.69, 9.17) is 4.52 Å². The van der Waals surface area contributed by atoms with E-state index in [0.717, 1.165) is 28.2 Å². The number of imidazole rings is 1. The number of anilines is 1. The Morgan fingerprint density at radius 1 is 1.22 bits per heavy atom. The van der Waals surface area contributed by atoms with Crippen molar-refractivity contribution in [3.63, 3.8) is 0 Å². The van der Waals surface area contributed by atoms with Gasteiger partial charge < -0.3 is 9.84 Å². The maximum absolute atomic E-state index is 12.6. The number of aromatic nitrogens is 4. The summed E-state index contributed by atoms with van der Waals surface area (Å²) in [5.41, 5.74) is 4.09. The predicted molar refractivity (Wildman–Crippen MR) is 101 cm³/mol. The van der Waals surface area contributed by atoms with Crippen molar-refractivity contribution in [2.75, 3.05) is 5.32 Å². The molecule has 3 aromatic heterocycles. The number of hydrogen-bond donors (Lipinski definition) is 1. The lowest BCUT2D eigenvalue weighted by atomic mass is 9.98. The van der Waals surface area contributed by atoms with Crippen LogP contribution in [-0.2, 0) is 4.79 Å². The fourth-order valence-corrected chi connectivity index (χ4v) is 3.18. The molecule has 4 rings (SSSR count). The van der Waals surface area contributed by atoms with E-state index >= 15 is 0 Å². The Kier molecular flexibility index (Phi) is 4.19. The third-order valence-electron chi connectivity index (χ3n) is 4.60. The van der Waals surface area contributed by atoms with Gasteiger partial charge in [0.05, 0.1) is 17.3 Å². The number of aryl methyl sites for hydroxylation is 2. The zero-order valence-corrected chi connectivity index (χ0v) is 15.3. The molecule has 0 saturated carbocycles. The quantitative estimate of drug-likeness (QED) is 0.598. The smallest absolute Gasteiger partial charge is 0.234 e. The monoisotopic (exact) mass is 361 g/mol. The highest BCUT2D eigenvalue weighted by atomic mass is 16.5. The molecule has 0 aliphatic rings. The summed E-state index contributed by atoms with van der Waals surface area (Å²) in [5.74, 6) is 0.874. The summed E-state index contributed by atoms with van der Waals surface area (Å²) in [4.78, 5) is 21.3. The van der Waals surface area contributed by atoms with Crippen molar-refractivity contribution in [1.82, 2.24) is 19.5 Å². The molecule has 1 N–H and O–H groups in total. The molecule has 0 saturated heterocycles. The summed E-state index contributed by atoms with van der Waals surface area (Å²) >= 11 is 0. The molecule has 0 aliphatic carbocycles. The van der Waals surface area contributed by atoms with E-state index in [9.17, 15) is 4.79 Å². The molecule has 1 aromatic carbocycles. The molecule has 0 spiro atoms. The van der Waals surface area contributed by atoms with E-state index in [1.54, 1.807) is 6.20 Å². The van der Waals surface area contributed by atoms with Crippen molar-refractivity contribution in [1.29, 1.82) is 0 Å². The van der Waals surface area contributed by atoms with Crippen LogP contribution >= 0.6 is 0 Å². The van der Waals surface area contributed by atoms with Crippen LogP contribution in [0.2, 0.25) is 0 Å². The van der Waals surface area contributed by atoms with Crippen LogP contribution in [0.15, 0.2) is 53.4 Å². The molecule has 0 bridgehead atoms. The molecule has 1 amide bonds. The number of hydrogen-bond acceptors (Lipinski definition) is 5. The van der Waals surface area contributed by atoms with Gasteiger partial charge in [-0.25, -0.2) is 9.97 Å². The van der Waals surface area contributed by atoms with Gasteiger partial charge in [0, 0.05) is 35.4 Å². The van der Waals surface area contributed by atoms with Gasteiger partial charge >= 0.3 is 0 Å². The Labute approximate surface area is 156 Å². The van der Waals surface area contributed by atoms with Crippen molar-refractivity contribution in [3.05, 3.63) is 65.9 Å². The first-order valence-electron chi connectivity index (χ1n) is 8.66. The molecule has 27 heavy (non-hydrogen) atoms. The lowest BCUT2D eigenvalue weighted by Gasteiger charge is -2.12. The molecule has 7 nitrogen and oxygen atoms in total. The number of rotatable bonds is 4. The van der Waals surface area contributed by atoms with Gasteiger partial charge in [-0.3, -0.25) is 9.20 Å². The molecule has 136 valence electrons. The van der Waals surface area contributed by atoms with E-state index in [1.165, 1.54) is 0 Å². The largest absolute Gasteiger partial charge is 0.361 e. The van der Waals surface area contributed by atoms with Gasteiger partial charge in [0.2, 0.25) is 11.7 Å². The highest BCUT2D eigenvalue weighted by Gasteiger charge is 2.23. The van der Waals surface area contributed by atoms with Crippen molar-refractivity contribution in [2.45, 2.75) is 26.7 Å². The van der Waals surface area contributed by atoms with Gasteiger partial charge in [-0.1, -0.05) is 17.3 Å². The molecule has 0 aliphatic heterocycles. The standard InChI is InChI=1S/C20H19N5O2/c1-12(18-13(2)24-27-14(18)3)19(26)22-16-7-5-15(6-8-16)17-11-25-10-4-9-21-20(25)23-17/h4-12H,1-3H3,(H,22,26)/t12-/m1/s1. The fraction of sp³-hybridized carbons (Fsp3) is 0.200. The Morgan fingerprint density at radius 3 is 2.67 bits per heavy atom. The Balaban J connectivity index is 1.51. The number of fused-ring (bicyclic) bond motifs is 1. The average molecular weight is 361 g/mol. The number of nitrogens with zero attached hydrogens (tertiary/aromatic N) is 4. The number of benzene rings is 1. The van der Waals surface area contributed by atoms with Gasteiger partial charge in [0.1, 0.15) is 5.76 Å². The van der Waals surface area contributed by atoms with Gasteiger partial charge in [0.25, 0.3) is 0 Å². The Bertz CT molecular complexity index is 1060. The van der Waals surface area contributed by atoms with Crippen LogP contribution < -0.4 is 5.32 Å². The van der Waals surface area contributed by atoms with Gasteiger partial charge in [-0.05, 0) is 39.0 Å². The topological polar surface area (TPSA) is 85.3 Å². The highest BCUT2D eigenvalue weighted by Crippen LogP contribution is 2.25. The van der Waals surface area contributed by atoms with Crippen LogP contribution in [0.1, 0.15) is 29.9 Å². The summed E-state index contributed by atoms with van der Waals surface area (Å²) in [7, 11) is 0. The van der Waals surface area contributed by atoms with Crippen molar-refractivity contribution < 1.29 is 9.32 Å². The van der Waals surface area contributed by atoms with Crippen LogP contribution in [0.5, 0.6) is 0 Å². The van der Waals surface area contributed by atoms with E-state index in [0.29, 0.717) is 11.5 Å². The summed E-state index contributed by atoms with van der Waals surface area (Å²) < 4.78 is 7.03. The third-order valence-corrected chi connectivity index (χ3v) is 4.60. The van der Waals surface area contributed by atoms with Crippen LogP contribution in [-0.4, -0.2) is 25.4 Å². The van der Waals surface area contributed by atoms with E-state index in [1.807, 2.05) is 67.9 Å². The first kappa shape index (κ1) is 17.0. The molecule has 0 fully saturated rings. The first-order chi connectivity index (χ1) is 13.0. The van der Waals surface area contributed by atoms with Crippen LogP contribution in [0, 0.1) is 13.8 Å². The van der Waals surface area contributed by atoms with Crippen molar-refractivity contribution in [2.24, 2.45) is 0 Å². The number of nitrogens with one attached hydrogen (secondary N) is 1. The highest BCUT2D eigenvalue weighted by molar-refractivity contribution is 5.96. The van der Waals surface area contributed by atoms with E-state index in [-0.39, 0.29) is 11.8 Å². The maximum atomic E-state index is 12.6. The maximum Gasteiger partial charge on any atom is 0.234 e. The first-order valence-corrected chi connectivity index (χ1v) is 8.66. The minimum atomic E-state index is -0.347. The molecule has 0 unspecified atom stereocenters. The summed E-state index contributed by atoms with van der Waals surface area (Å²) in [6.07, 6.45) is 5.55. The summed E-state index contributed by atoms with van der Waals surface area (Å²) in [6.45, 7) is 5.51. The minimum absolute atomic E-state index is 0.103. The predicted octanol–water partition coefficient (Wildman–Crippen LogP) is 3.74. The van der Waals surface area contributed by atoms with Gasteiger partial charge in [-0.15, -0.1) is 0 Å². The lowest BCUT2D eigenvalue weighted by Crippen LogP contribution is -2.19. The van der Waals surface area contributed by atoms with Crippen LogP contribution in [0.4, 0.5) is 5.69 Å². The average Bonchev–Trinajstić information content (AvgIpc) is 3.25. The number of carbonyl (C=O) groups excluding carboxylic acids is 1. The van der Waals surface area contributed by atoms with Crippen molar-refractivity contribution in [3.8, 4) is 11.3 Å².